The van der Waals surface area contributed by atoms with Crippen LogP contribution in [-0.2, 0) is 0 Å². The second-order valence-electron chi connectivity index (χ2n) is 2.86. The molecule has 1 aliphatic rings. The van der Waals surface area contributed by atoms with Gasteiger partial charge in [-0.3, -0.25) is 0 Å². The van der Waals surface area contributed by atoms with Gasteiger partial charge in [0.15, 0.2) is 5.75 Å². The number of nitrogen functional groups attached to an aromatic ring is 1. The lowest BCUT2D eigenvalue weighted by Gasteiger charge is -2.06. The molecule has 0 radical (unpaired) electrons. The smallest absolute Gasteiger partial charge is 0.160 e. The number of hydrogen-bond donors (Lipinski definition) is 1. The highest BCUT2D eigenvalue weighted by Crippen LogP contribution is 2.30. The molecule has 12 heavy (non-hydrogen) atoms. The van der Waals surface area contributed by atoms with Crippen LogP contribution in [0.4, 0.5) is 5.69 Å². The number of halogens is 1. The molecule has 0 aromatic carbocycles. The predicted molar refractivity (Wildman–Crippen MR) is 50.0 cm³/mol. The number of ether oxygens (including phenoxy) is 1. The number of pyridine rings is 1. The molecule has 0 aliphatic heterocycles. The third-order valence-corrected chi connectivity index (χ3v) is 2.12. The van der Waals surface area contributed by atoms with Crippen molar-refractivity contribution in [1.29, 1.82) is 0 Å². The van der Waals surface area contributed by atoms with Gasteiger partial charge in [-0.1, -0.05) is 0 Å². The van der Waals surface area contributed by atoms with Crippen molar-refractivity contribution in [2.24, 2.45) is 0 Å². The van der Waals surface area contributed by atoms with Gasteiger partial charge in [0.25, 0.3) is 0 Å². The zero-order chi connectivity index (χ0) is 8.55. The molecule has 1 fully saturated rings. The fourth-order valence-electron chi connectivity index (χ4n) is 0.895. The summed E-state index contributed by atoms with van der Waals surface area (Å²) in [4.78, 5) is 4.03. The molecule has 0 atom stereocenters. The number of hydrogen-bond acceptors (Lipinski definition) is 3. The van der Waals surface area contributed by atoms with Gasteiger partial charge < -0.3 is 10.5 Å². The zero-order valence-electron chi connectivity index (χ0n) is 6.46. The first-order chi connectivity index (χ1) is 5.75. The maximum Gasteiger partial charge on any atom is 0.160 e. The van der Waals surface area contributed by atoms with Gasteiger partial charge in [-0.2, -0.15) is 0 Å². The van der Waals surface area contributed by atoms with Crippen molar-refractivity contribution < 1.29 is 4.74 Å². The molecule has 64 valence electrons. The number of aromatic nitrogens is 1. The maximum absolute atomic E-state index is 5.70. The highest BCUT2D eigenvalue weighted by molar-refractivity contribution is 9.10. The molecule has 2 rings (SSSR count). The van der Waals surface area contributed by atoms with E-state index in [1.165, 1.54) is 0 Å². The van der Waals surface area contributed by atoms with Crippen molar-refractivity contribution in [2.75, 3.05) is 5.73 Å². The van der Waals surface area contributed by atoms with Gasteiger partial charge in [0.1, 0.15) is 4.60 Å². The number of nitrogens with zero attached hydrogens (tertiary/aromatic N) is 1. The van der Waals surface area contributed by atoms with E-state index in [1.54, 1.807) is 12.3 Å². The Balaban J connectivity index is 2.18. The summed E-state index contributed by atoms with van der Waals surface area (Å²) in [6.07, 6.45) is 4.29. The molecule has 1 saturated carbocycles. The maximum atomic E-state index is 5.70. The zero-order valence-corrected chi connectivity index (χ0v) is 8.04. The summed E-state index contributed by atoms with van der Waals surface area (Å²) in [6, 6.07) is 1.75. The van der Waals surface area contributed by atoms with E-state index in [-0.39, 0.29) is 0 Å². The highest BCUT2D eigenvalue weighted by atomic mass is 79.9. The summed E-state index contributed by atoms with van der Waals surface area (Å²) in [5, 5.41) is 0. The van der Waals surface area contributed by atoms with Gasteiger partial charge in [0.2, 0.25) is 0 Å². The van der Waals surface area contributed by atoms with Crippen LogP contribution in [-0.4, -0.2) is 11.1 Å². The molecular formula is C8H9BrN2O. The topological polar surface area (TPSA) is 48.1 Å². The summed E-state index contributed by atoms with van der Waals surface area (Å²) in [7, 11) is 0. The van der Waals surface area contributed by atoms with Crippen molar-refractivity contribution >= 4 is 21.6 Å². The Morgan fingerprint density at radius 3 is 2.92 bits per heavy atom. The van der Waals surface area contributed by atoms with Crippen molar-refractivity contribution in [1.82, 2.24) is 4.98 Å². The normalized spacial score (nSPS) is 16.1. The lowest BCUT2D eigenvalue weighted by Crippen LogP contribution is -2.00. The van der Waals surface area contributed by atoms with Crippen LogP contribution in [0.25, 0.3) is 0 Å². The van der Waals surface area contributed by atoms with Gasteiger partial charge in [0.05, 0.1) is 18.0 Å². The van der Waals surface area contributed by atoms with Crippen LogP contribution >= 0.6 is 15.9 Å². The van der Waals surface area contributed by atoms with E-state index in [9.17, 15) is 0 Å². The molecule has 4 heteroatoms. The van der Waals surface area contributed by atoms with Gasteiger partial charge >= 0.3 is 0 Å². The van der Waals surface area contributed by atoms with Crippen LogP contribution in [0.1, 0.15) is 12.8 Å². The van der Waals surface area contributed by atoms with Crippen molar-refractivity contribution in [2.45, 2.75) is 18.9 Å². The number of rotatable bonds is 2. The molecule has 0 saturated heterocycles. The summed E-state index contributed by atoms with van der Waals surface area (Å²) in [5.41, 5.74) is 6.34. The van der Waals surface area contributed by atoms with Crippen molar-refractivity contribution in [3.8, 4) is 5.75 Å². The Bertz CT molecular complexity index is 299. The minimum atomic E-state index is 0.371. The molecule has 0 unspecified atom stereocenters. The van der Waals surface area contributed by atoms with Gasteiger partial charge in [-0.05, 0) is 34.8 Å². The lowest BCUT2D eigenvalue weighted by molar-refractivity contribution is 0.303. The van der Waals surface area contributed by atoms with E-state index in [0.717, 1.165) is 17.4 Å². The van der Waals surface area contributed by atoms with E-state index in [4.69, 9.17) is 10.5 Å². The third kappa shape index (κ3) is 1.69. The summed E-state index contributed by atoms with van der Waals surface area (Å²) in [6.45, 7) is 0. The molecule has 1 heterocycles. The van der Waals surface area contributed by atoms with Crippen molar-refractivity contribution in [3.63, 3.8) is 0 Å². The summed E-state index contributed by atoms with van der Waals surface area (Å²) < 4.78 is 6.24. The van der Waals surface area contributed by atoms with Gasteiger partial charge in [-0.15, -0.1) is 0 Å². The Hall–Kier alpha value is -0.770. The minimum absolute atomic E-state index is 0.371. The Morgan fingerprint density at radius 1 is 1.58 bits per heavy atom. The second kappa shape index (κ2) is 2.94. The molecule has 1 aromatic rings. The summed E-state index contributed by atoms with van der Waals surface area (Å²) in [5.74, 6) is 0.695. The SMILES string of the molecule is Nc1cc(Br)ncc1OC1CC1. The first kappa shape index (κ1) is 7.86. The Morgan fingerprint density at radius 2 is 2.33 bits per heavy atom. The molecule has 2 N–H and O–H groups in total. The predicted octanol–water partition coefficient (Wildman–Crippen LogP) is 1.97. The monoisotopic (exact) mass is 228 g/mol. The van der Waals surface area contributed by atoms with E-state index in [0.29, 0.717) is 17.5 Å². The highest BCUT2D eigenvalue weighted by Gasteiger charge is 2.24. The van der Waals surface area contributed by atoms with Crippen molar-refractivity contribution in [3.05, 3.63) is 16.9 Å². The molecule has 0 bridgehead atoms. The molecule has 3 nitrogen and oxygen atoms in total. The average molecular weight is 229 g/mol. The average Bonchev–Trinajstić information content (AvgIpc) is 2.79. The van der Waals surface area contributed by atoms with Crippen LogP contribution in [0.3, 0.4) is 0 Å². The minimum Gasteiger partial charge on any atom is -0.487 e. The fraction of sp³-hybridized carbons (Fsp3) is 0.375. The Labute approximate surface area is 79.1 Å². The fourth-order valence-corrected chi connectivity index (χ4v) is 1.24. The van der Waals surface area contributed by atoms with Crippen LogP contribution in [0, 0.1) is 0 Å². The van der Waals surface area contributed by atoms with Crippen LogP contribution in [0.2, 0.25) is 0 Å². The van der Waals surface area contributed by atoms with Gasteiger partial charge in [-0.25, -0.2) is 4.98 Å². The summed E-state index contributed by atoms with van der Waals surface area (Å²) >= 11 is 3.23. The van der Waals surface area contributed by atoms with E-state index in [2.05, 4.69) is 20.9 Å². The van der Waals surface area contributed by atoms with Crippen LogP contribution in [0.5, 0.6) is 5.75 Å². The third-order valence-electron chi connectivity index (χ3n) is 1.68. The largest absolute Gasteiger partial charge is 0.487 e. The molecular weight excluding hydrogens is 220 g/mol. The number of anilines is 1. The first-order valence-corrected chi connectivity index (χ1v) is 4.62. The first-order valence-electron chi connectivity index (χ1n) is 3.83. The molecule has 1 aliphatic carbocycles. The quantitative estimate of drug-likeness (QED) is 0.788. The van der Waals surface area contributed by atoms with E-state index in [1.807, 2.05) is 0 Å². The van der Waals surface area contributed by atoms with Crippen LogP contribution < -0.4 is 10.5 Å². The van der Waals surface area contributed by atoms with E-state index < -0.39 is 0 Å². The lowest BCUT2D eigenvalue weighted by atomic mass is 10.4. The van der Waals surface area contributed by atoms with Crippen LogP contribution in [0.15, 0.2) is 16.9 Å². The van der Waals surface area contributed by atoms with Gasteiger partial charge in [0, 0.05) is 0 Å². The molecule has 0 spiro atoms. The molecule has 1 aromatic heterocycles. The second-order valence-corrected chi connectivity index (χ2v) is 3.67. The molecule has 0 amide bonds. The number of nitrogens with two attached hydrogens (primary N) is 1. The Kier molecular flexibility index (Phi) is 1.92. The standard InChI is InChI=1S/C8H9BrN2O/c9-8-3-6(10)7(4-11-8)12-5-1-2-5/h3-5H,1-2H2,(H2,10,11). The van der Waals surface area contributed by atoms with E-state index >= 15 is 0 Å².